The Kier molecular flexibility index (Phi) is 2.61. The van der Waals surface area contributed by atoms with Crippen molar-refractivity contribution in [3.8, 4) is 5.75 Å². The quantitative estimate of drug-likeness (QED) is 0.662. The van der Waals surface area contributed by atoms with Gasteiger partial charge in [-0.3, -0.25) is 4.79 Å². The number of carboxylic acids is 1. The molecule has 6 heteroatoms. The maximum atomic E-state index is 11.6. The van der Waals surface area contributed by atoms with Crippen LogP contribution in [0.25, 0.3) is 17.1 Å². The maximum Gasteiger partial charge on any atom is 0.328 e. The minimum atomic E-state index is -1.20. The second-order valence-corrected chi connectivity index (χ2v) is 3.29. The van der Waals surface area contributed by atoms with Gasteiger partial charge in [-0.25, -0.2) is 9.78 Å². The van der Waals surface area contributed by atoms with E-state index in [4.69, 9.17) is 5.11 Å². The highest BCUT2D eigenvalue weighted by Crippen LogP contribution is 2.23. The molecular formula is C11H8N2O4. The summed E-state index contributed by atoms with van der Waals surface area (Å²) >= 11 is 0. The van der Waals surface area contributed by atoms with Gasteiger partial charge in [-0.15, -0.1) is 0 Å². The third-order valence-corrected chi connectivity index (χ3v) is 2.19. The lowest BCUT2D eigenvalue weighted by molar-refractivity contribution is -0.131. The van der Waals surface area contributed by atoms with E-state index in [0.29, 0.717) is 5.39 Å². The highest BCUT2D eigenvalue weighted by Gasteiger charge is 2.09. The van der Waals surface area contributed by atoms with Gasteiger partial charge in [-0.1, -0.05) is 0 Å². The van der Waals surface area contributed by atoms with Gasteiger partial charge in [0.1, 0.15) is 11.4 Å². The van der Waals surface area contributed by atoms with Gasteiger partial charge in [0.25, 0.3) is 5.56 Å². The van der Waals surface area contributed by atoms with Gasteiger partial charge in [0.2, 0.25) is 0 Å². The van der Waals surface area contributed by atoms with Crippen molar-refractivity contribution in [3.63, 3.8) is 0 Å². The maximum absolute atomic E-state index is 11.6. The van der Waals surface area contributed by atoms with Crippen LogP contribution < -0.4 is 5.56 Å². The number of pyridine rings is 2. The molecule has 0 atom stereocenters. The molecular weight excluding hydrogens is 224 g/mol. The predicted molar refractivity (Wildman–Crippen MR) is 60.7 cm³/mol. The van der Waals surface area contributed by atoms with E-state index < -0.39 is 11.5 Å². The van der Waals surface area contributed by atoms with Crippen molar-refractivity contribution in [2.24, 2.45) is 0 Å². The third kappa shape index (κ3) is 2.00. The van der Waals surface area contributed by atoms with Crippen LogP contribution in [0, 0.1) is 0 Å². The zero-order valence-corrected chi connectivity index (χ0v) is 8.54. The number of aromatic nitrogens is 2. The van der Waals surface area contributed by atoms with E-state index in [0.717, 1.165) is 12.2 Å². The first-order valence-electron chi connectivity index (χ1n) is 4.70. The summed E-state index contributed by atoms with van der Waals surface area (Å²) in [6.45, 7) is 0. The van der Waals surface area contributed by atoms with Gasteiger partial charge in [-0.2, -0.15) is 0 Å². The Hall–Kier alpha value is -2.63. The van der Waals surface area contributed by atoms with Gasteiger partial charge in [-0.05, 0) is 18.2 Å². The first kappa shape index (κ1) is 10.9. The van der Waals surface area contributed by atoms with E-state index in [1.807, 2.05) is 0 Å². The molecule has 0 aromatic carbocycles. The Labute approximate surface area is 94.9 Å². The molecule has 2 aromatic heterocycles. The van der Waals surface area contributed by atoms with E-state index in [2.05, 4.69) is 9.97 Å². The van der Waals surface area contributed by atoms with Crippen molar-refractivity contribution in [1.29, 1.82) is 0 Å². The van der Waals surface area contributed by atoms with E-state index in [-0.39, 0.29) is 17.0 Å². The monoisotopic (exact) mass is 232 g/mol. The normalized spacial score (nSPS) is 11.1. The van der Waals surface area contributed by atoms with E-state index in [1.165, 1.54) is 6.20 Å². The standard InChI is InChI=1S/C11H8N2O4/c14-8(15)4-3-7-9(16)6-2-1-5-12-10(6)13-11(7)17/h1-5H,(H,14,15)(H2,12,13,16,17). The van der Waals surface area contributed by atoms with Crippen molar-refractivity contribution in [3.05, 3.63) is 40.3 Å². The second kappa shape index (κ2) is 4.09. The molecule has 2 heterocycles. The second-order valence-electron chi connectivity index (χ2n) is 3.29. The van der Waals surface area contributed by atoms with Crippen molar-refractivity contribution in [1.82, 2.24) is 9.97 Å². The average Bonchev–Trinajstić information content (AvgIpc) is 2.28. The zero-order chi connectivity index (χ0) is 12.4. The molecule has 17 heavy (non-hydrogen) atoms. The molecule has 0 aliphatic rings. The number of hydrogen-bond acceptors (Lipinski definition) is 4. The van der Waals surface area contributed by atoms with E-state index in [1.54, 1.807) is 12.1 Å². The average molecular weight is 232 g/mol. The number of hydrogen-bond donors (Lipinski definition) is 3. The topological polar surface area (TPSA) is 103 Å². The first-order valence-corrected chi connectivity index (χ1v) is 4.70. The Balaban J connectivity index is 2.72. The Morgan fingerprint density at radius 3 is 2.94 bits per heavy atom. The highest BCUT2D eigenvalue weighted by atomic mass is 16.4. The van der Waals surface area contributed by atoms with Crippen molar-refractivity contribution in [2.75, 3.05) is 0 Å². The van der Waals surface area contributed by atoms with Crippen LogP contribution in [0.4, 0.5) is 0 Å². The minimum Gasteiger partial charge on any atom is -0.506 e. The molecule has 0 amide bonds. The number of aromatic amines is 1. The third-order valence-electron chi connectivity index (χ3n) is 2.19. The number of nitrogens with one attached hydrogen (secondary N) is 1. The zero-order valence-electron chi connectivity index (χ0n) is 8.54. The number of fused-ring (bicyclic) bond motifs is 1. The fourth-order valence-electron chi connectivity index (χ4n) is 1.43. The molecule has 0 radical (unpaired) electrons. The Morgan fingerprint density at radius 2 is 2.24 bits per heavy atom. The molecule has 0 bridgehead atoms. The lowest BCUT2D eigenvalue weighted by Crippen LogP contribution is -2.10. The summed E-state index contributed by atoms with van der Waals surface area (Å²) in [7, 11) is 0. The van der Waals surface area contributed by atoms with Crippen molar-refractivity contribution in [2.45, 2.75) is 0 Å². The SMILES string of the molecule is O=C(O)C=Cc1c(O)c2cccnc2[nH]c1=O. The molecule has 2 aromatic rings. The number of nitrogens with zero attached hydrogens (tertiary/aromatic N) is 1. The summed E-state index contributed by atoms with van der Waals surface area (Å²) < 4.78 is 0. The van der Waals surface area contributed by atoms with Crippen LogP contribution in [0.1, 0.15) is 5.56 Å². The van der Waals surface area contributed by atoms with Gasteiger partial charge < -0.3 is 15.2 Å². The molecule has 2 rings (SSSR count). The summed E-state index contributed by atoms with van der Waals surface area (Å²) in [6, 6.07) is 3.18. The summed E-state index contributed by atoms with van der Waals surface area (Å²) in [5.41, 5.74) is -0.443. The Morgan fingerprint density at radius 1 is 1.47 bits per heavy atom. The number of carboxylic acid groups (broad SMARTS) is 1. The van der Waals surface area contributed by atoms with Gasteiger partial charge in [0, 0.05) is 12.3 Å². The summed E-state index contributed by atoms with van der Waals surface area (Å²) in [4.78, 5) is 28.3. The van der Waals surface area contributed by atoms with Crippen LogP contribution in [0.3, 0.4) is 0 Å². The summed E-state index contributed by atoms with van der Waals surface area (Å²) in [5.74, 6) is -1.48. The number of rotatable bonds is 2. The lowest BCUT2D eigenvalue weighted by atomic mass is 10.1. The number of carbonyl (C=O) groups is 1. The largest absolute Gasteiger partial charge is 0.506 e. The van der Waals surface area contributed by atoms with Crippen LogP contribution >= 0.6 is 0 Å². The lowest BCUT2D eigenvalue weighted by Gasteiger charge is -2.02. The predicted octanol–water partition coefficient (Wildman–Crippen LogP) is 0.727. The number of aliphatic carboxylic acids is 1. The molecule has 0 unspecified atom stereocenters. The molecule has 86 valence electrons. The fraction of sp³-hybridized carbons (Fsp3) is 0. The van der Waals surface area contributed by atoms with Crippen molar-refractivity contribution < 1.29 is 15.0 Å². The van der Waals surface area contributed by atoms with Crippen molar-refractivity contribution >= 4 is 23.1 Å². The molecule has 3 N–H and O–H groups in total. The fourth-order valence-corrected chi connectivity index (χ4v) is 1.43. The highest BCUT2D eigenvalue weighted by molar-refractivity contribution is 5.89. The summed E-state index contributed by atoms with van der Waals surface area (Å²) in [5, 5.41) is 18.7. The number of H-pyrrole nitrogens is 1. The molecule has 0 aliphatic carbocycles. The van der Waals surface area contributed by atoms with Gasteiger partial charge in [0.15, 0.2) is 0 Å². The van der Waals surface area contributed by atoms with Gasteiger partial charge in [0.05, 0.1) is 10.9 Å². The van der Waals surface area contributed by atoms with Gasteiger partial charge >= 0.3 is 5.97 Å². The molecule has 0 fully saturated rings. The van der Waals surface area contributed by atoms with Crippen LogP contribution in [0.2, 0.25) is 0 Å². The van der Waals surface area contributed by atoms with E-state index >= 15 is 0 Å². The minimum absolute atomic E-state index is 0.104. The van der Waals surface area contributed by atoms with Crippen LogP contribution in [0.5, 0.6) is 5.75 Å². The number of aromatic hydroxyl groups is 1. The Bertz CT molecular complexity index is 673. The first-order chi connectivity index (χ1) is 8.09. The molecule has 0 saturated carbocycles. The molecule has 0 spiro atoms. The summed E-state index contributed by atoms with van der Waals surface area (Å²) in [6.07, 6.45) is 3.31. The smallest absolute Gasteiger partial charge is 0.328 e. The van der Waals surface area contributed by atoms with E-state index in [9.17, 15) is 14.7 Å². The molecule has 0 saturated heterocycles. The van der Waals surface area contributed by atoms with Crippen LogP contribution in [-0.4, -0.2) is 26.2 Å². The molecule has 6 nitrogen and oxygen atoms in total. The van der Waals surface area contributed by atoms with Crippen LogP contribution in [-0.2, 0) is 4.79 Å². The molecule has 0 aliphatic heterocycles. The van der Waals surface area contributed by atoms with Crippen LogP contribution in [0.15, 0.2) is 29.2 Å².